The van der Waals surface area contributed by atoms with Crippen LogP contribution in [0.1, 0.15) is 17.2 Å². The first-order valence-electron chi connectivity index (χ1n) is 10.6. The first-order valence-corrected chi connectivity index (χ1v) is 10.6. The zero-order valence-corrected chi connectivity index (χ0v) is 17.5. The van der Waals surface area contributed by atoms with Crippen LogP contribution in [0.5, 0.6) is 0 Å². The van der Waals surface area contributed by atoms with E-state index in [4.69, 9.17) is 10.5 Å². The number of ether oxygens (including phenoxy) is 1. The predicted molar refractivity (Wildman–Crippen MR) is 126 cm³/mol. The van der Waals surface area contributed by atoms with Gasteiger partial charge in [0, 0.05) is 53.5 Å². The molecule has 4 N–H and O–H groups in total. The molecule has 0 saturated carbocycles. The maximum atomic E-state index is 11.8. The predicted octanol–water partition coefficient (Wildman–Crippen LogP) is 3.12. The van der Waals surface area contributed by atoms with Crippen molar-refractivity contribution in [2.24, 2.45) is 0 Å². The average molecular weight is 428 g/mol. The third-order valence-corrected chi connectivity index (χ3v) is 5.73. The van der Waals surface area contributed by atoms with Crippen molar-refractivity contribution in [3.63, 3.8) is 0 Å². The summed E-state index contributed by atoms with van der Waals surface area (Å²) in [6, 6.07) is 11.4. The molecule has 1 unspecified atom stereocenters. The maximum Gasteiger partial charge on any atom is 0.146 e. The molecule has 2 aliphatic heterocycles. The smallest absolute Gasteiger partial charge is 0.146 e. The van der Waals surface area contributed by atoms with Crippen LogP contribution in [0.3, 0.4) is 0 Å². The zero-order chi connectivity index (χ0) is 21.9. The molecule has 0 spiro atoms. The van der Waals surface area contributed by atoms with E-state index in [-0.39, 0.29) is 0 Å². The highest BCUT2D eigenvalue weighted by Crippen LogP contribution is 2.36. The molecule has 0 aliphatic carbocycles. The number of benzene rings is 1. The van der Waals surface area contributed by atoms with Gasteiger partial charge < -0.3 is 30.8 Å². The highest BCUT2D eigenvalue weighted by molar-refractivity contribution is 5.85. The third-order valence-electron chi connectivity index (χ3n) is 5.73. The van der Waals surface area contributed by atoms with Gasteiger partial charge in [0.2, 0.25) is 0 Å². The first kappa shape index (κ1) is 20.0. The van der Waals surface area contributed by atoms with E-state index in [1.165, 1.54) is 0 Å². The van der Waals surface area contributed by atoms with Gasteiger partial charge in [-0.1, -0.05) is 0 Å². The van der Waals surface area contributed by atoms with E-state index >= 15 is 0 Å². The largest absolute Gasteiger partial charge is 0.384 e. The van der Waals surface area contributed by atoms with E-state index in [9.17, 15) is 4.79 Å². The Labute approximate surface area is 186 Å². The Kier molecular flexibility index (Phi) is 5.43. The number of carbonyl (C=O) groups excluding carboxylic acids is 1. The summed E-state index contributed by atoms with van der Waals surface area (Å²) in [5.41, 5.74) is 11.3. The van der Waals surface area contributed by atoms with Gasteiger partial charge in [0.1, 0.15) is 24.0 Å². The minimum Gasteiger partial charge on any atom is -0.384 e. The third kappa shape index (κ3) is 3.88. The van der Waals surface area contributed by atoms with Crippen LogP contribution < -0.4 is 21.3 Å². The number of aromatic nitrogens is 2. The van der Waals surface area contributed by atoms with Gasteiger partial charge in [-0.15, -0.1) is 0 Å². The van der Waals surface area contributed by atoms with Gasteiger partial charge in [0.05, 0.1) is 13.2 Å². The highest BCUT2D eigenvalue weighted by atomic mass is 16.5. The number of nitrogens with zero attached hydrogens (tertiary/aromatic N) is 3. The van der Waals surface area contributed by atoms with Crippen molar-refractivity contribution in [1.82, 2.24) is 15.3 Å². The summed E-state index contributed by atoms with van der Waals surface area (Å²) in [7, 11) is 0. The Bertz CT molecular complexity index is 1140. The van der Waals surface area contributed by atoms with Gasteiger partial charge in [0.15, 0.2) is 0 Å². The molecule has 3 aromatic rings. The molecule has 2 aliphatic rings. The van der Waals surface area contributed by atoms with Crippen LogP contribution in [-0.4, -0.2) is 42.6 Å². The molecule has 5 rings (SSSR count). The zero-order valence-electron chi connectivity index (χ0n) is 17.5. The lowest BCUT2D eigenvalue weighted by atomic mass is 9.92. The van der Waals surface area contributed by atoms with Crippen LogP contribution in [0, 0.1) is 0 Å². The van der Waals surface area contributed by atoms with E-state index in [1.54, 1.807) is 24.7 Å². The number of aldehydes is 1. The molecular formula is C24H24N6O2. The number of nitrogen functional groups attached to an aromatic ring is 1. The topological polar surface area (TPSA) is 105 Å². The second-order valence-electron chi connectivity index (χ2n) is 7.70. The summed E-state index contributed by atoms with van der Waals surface area (Å²) in [5.74, 6) is 1.09. The van der Waals surface area contributed by atoms with Crippen LogP contribution >= 0.6 is 0 Å². The van der Waals surface area contributed by atoms with Crippen LogP contribution in [0.25, 0.3) is 17.2 Å². The fourth-order valence-electron chi connectivity index (χ4n) is 4.07. The number of fused-ring (bicyclic) bond motifs is 1. The number of anilines is 4. The Balaban J connectivity index is 1.48. The van der Waals surface area contributed by atoms with Gasteiger partial charge >= 0.3 is 0 Å². The molecule has 0 bridgehead atoms. The fourth-order valence-corrected chi connectivity index (χ4v) is 4.07. The number of carbonyl (C=O) groups is 1. The minimum absolute atomic E-state index is 0.456. The van der Waals surface area contributed by atoms with Crippen molar-refractivity contribution in [3.05, 3.63) is 66.1 Å². The van der Waals surface area contributed by atoms with Gasteiger partial charge in [-0.25, -0.2) is 9.97 Å². The molecule has 4 heterocycles. The highest BCUT2D eigenvalue weighted by Gasteiger charge is 2.24. The summed E-state index contributed by atoms with van der Waals surface area (Å²) >= 11 is 0. The molecular weight excluding hydrogens is 404 g/mol. The summed E-state index contributed by atoms with van der Waals surface area (Å²) in [4.78, 5) is 23.0. The van der Waals surface area contributed by atoms with Crippen molar-refractivity contribution >= 4 is 35.4 Å². The number of nitrogens with two attached hydrogens (primary N) is 1. The normalized spacial score (nSPS) is 17.4. The van der Waals surface area contributed by atoms with Crippen molar-refractivity contribution < 1.29 is 9.53 Å². The molecule has 1 aromatic carbocycles. The second kappa shape index (κ2) is 8.68. The lowest BCUT2D eigenvalue weighted by molar-refractivity contribution is -0.109. The average Bonchev–Trinajstić information content (AvgIpc) is 2.85. The SMILES string of the molecule is Nc1ccc(-c2cnc(Nc3ccc(N4CCOCC4)cc3)c3c2C=CNC3C=O)cn1. The molecule has 1 fully saturated rings. The molecule has 0 radical (unpaired) electrons. The van der Waals surface area contributed by atoms with E-state index in [0.29, 0.717) is 11.6 Å². The first-order chi connectivity index (χ1) is 15.7. The van der Waals surface area contributed by atoms with Gasteiger partial charge in [-0.3, -0.25) is 0 Å². The van der Waals surface area contributed by atoms with Crippen molar-refractivity contribution in [2.45, 2.75) is 6.04 Å². The summed E-state index contributed by atoms with van der Waals surface area (Å²) < 4.78 is 5.43. The number of morpholine rings is 1. The lowest BCUT2D eigenvalue weighted by Gasteiger charge is -2.29. The molecule has 2 aromatic heterocycles. The Morgan fingerprint density at radius 3 is 2.62 bits per heavy atom. The van der Waals surface area contributed by atoms with Crippen LogP contribution in [0.4, 0.5) is 23.0 Å². The van der Waals surface area contributed by atoms with E-state index in [1.807, 2.05) is 24.3 Å². The van der Waals surface area contributed by atoms with E-state index < -0.39 is 6.04 Å². The van der Waals surface area contributed by atoms with Crippen molar-refractivity contribution in [2.75, 3.05) is 42.3 Å². The Morgan fingerprint density at radius 2 is 1.91 bits per heavy atom. The molecule has 8 nitrogen and oxygen atoms in total. The molecule has 8 heteroatoms. The maximum absolute atomic E-state index is 11.8. The van der Waals surface area contributed by atoms with Crippen molar-refractivity contribution in [1.29, 1.82) is 0 Å². The Hall–Kier alpha value is -3.91. The molecule has 0 amide bonds. The number of pyridine rings is 2. The molecule has 1 atom stereocenters. The van der Waals surface area contributed by atoms with Crippen LogP contribution in [-0.2, 0) is 9.53 Å². The standard InChI is InChI=1S/C24H24N6O2/c25-22-6-1-16(13-27-22)20-14-28-24(23-19(20)7-8-26-21(23)15-31)29-17-2-4-18(5-3-17)30-9-11-32-12-10-30/h1-8,13-15,21,26H,9-12H2,(H2,25,27)(H,28,29). The van der Waals surface area contributed by atoms with Crippen LogP contribution in [0.15, 0.2) is 55.0 Å². The summed E-state index contributed by atoms with van der Waals surface area (Å²) in [6.07, 6.45) is 8.15. The van der Waals surface area contributed by atoms with E-state index in [0.717, 1.165) is 66.2 Å². The number of nitrogens with one attached hydrogen (secondary N) is 2. The molecule has 162 valence electrons. The van der Waals surface area contributed by atoms with Crippen LogP contribution in [0.2, 0.25) is 0 Å². The second-order valence-corrected chi connectivity index (χ2v) is 7.70. The quantitative estimate of drug-likeness (QED) is 0.533. The van der Waals surface area contributed by atoms with Gasteiger partial charge in [-0.05, 0) is 54.2 Å². The van der Waals surface area contributed by atoms with Gasteiger partial charge in [-0.2, -0.15) is 0 Å². The monoisotopic (exact) mass is 428 g/mol. The molecule has 32 heavy (non-hydrogen) atoms. The van der Waals surface area contributed by atoms with Gasteiger partial charge in [0.25, 0.3) is 0 Å². The number of hydrogen-bond acceptors (Lipinski definition) is 8. The number of rotatable bonds is 5. The number of hydrogen-bond donors (Lipinski definition) is 3. The molecule has 1 saturated heterocycles. The summed E-state index contributed by atoms with van der Waals surface area (Å²) in [6.45, 7) is 3.28. The fraction of sp³-hybridized carbons (Fsp3) is 0.208. The summed E-state index contributed by atoms with van der Waals surface area (Å²) in [5, 5.41) is 6.50. The minimum atomic E-state index is -0.501. The van der Waals surface area contributed by atoms with E-state index in [2.05, 4.69) is 37.6 Å². The Morgan fingerprint density at radius 1 is 1.09 bits per heavy atom. The lowest BCUT2D eigenvalue weighted by Crippen LogP contribution is -2.36. The van der Waals surface area contributed by atoms with Crippen molar-refractivity contribution in [3.8, 4) is 11.1 Å².